The topological polar surface area (TPSA) is 20.2 Å². The van der Waals surface area contributed by atoms with Gasteiger partial charge in [-0.15, -0.1) is 0 Å². The maximum absolute atomic E-state index is 9.37. The molecular weight excluding hydrogens is 184 g/mol. The van der Waals surface area contributed by atoms with Gasteiger partial charge in [-0.25, -0.2) is 0 Å². The van der Waals surface area contributed by atoms with Crippen LogP contribution < -0.4 is 10.4 Å². The second-order valence-electron chi connectivity index (χ2n) is 2.36. The predicted octanol–water partition coefficient (Wildman–Crippen LogP) is 3.05. The number of benzene rings is 1. The third-order valence-electron chi connectivity index (χ3n) is 1.72. The molecule has 0 unspecified atom stereocenters. The van der Waals surface area contributed by atoms with Gasteiger partial charge in [0.1, 0.15) is 5.75 Å². The summed E-state index contributed by atoms with van der Waals surface area (Å²) in [7, 11) is 0. The van der Waals surface area contributed by atoms with Crippen molar-refractivity contribution in [2.45, 2.75) is 41.5 Å². The van der Waals surface area contributed by atoms with Crippen LogP contribution in [0.15, 0.2) is 18.2 Å². The lowest BCUT2D eigenvalue weighted by atomic mass is 10.2. The Kier molecular flexibility index (Phi) is 11.7. The second-order valence-corrected chi connectivity index (χ2v) is 2.36. The molecule has 15 heavy (non-hydrogen) atoms. The Bertz CT molecular complexity index is 350. The van der Waals surface area contributed by atoms with Crippen molar-refractivity contribution < 1.29 is 5.11 Å². The van der Waals surface area contributed by atoms with Crippen LogP contribution >= 0.6 is 0 Å². The molecule has 0 aliphatic heterocycles. The monoisotopic (exact) mass is 208 g/mol. The van der Waals surface area contributed by atoms with E-state index in [1.807, 2.05) is 65.8 Å². The molecule has 1 N–H and O–H groups in total. The molecule has 0 atom stereocenters. The molecule has 86 valence electrons. The molecule has 0 aromatic heterocycles. The summed E-state index contributed by atoms with van der Waals surface area (Å²) in [5.41, 5.74) is 0. The van der Waals surface area contributed by atoms with Crippen molar-refractivity contribution in [2.75, 3.05) is 0 Å². The summed E-state index contributed by atoms with van der Waals surface area (Å²) in [6.07, 6.45) is 3.89. The predicted molar refractivity (Wildman–Crippen MR) is 70.3 cm³/mol. The fourth-order valence-corrected chi connectivity index (χ4v) is 1.14. The van der Waals surface area contributed by atoms with Crippen LogP contribution in [0.25, 0.3) is 12.2 Å². The highest BCUT2D eigenvalue weighted by Gasteiger charge is 1.88. The van der Waals surface area contributed by atoms with Crippen LogP contribution in [-0.4, -0.2) is 5.11 Å². The minimum Gasteiger partial charge on any atom is -0.507 e. The molecule has 1 heteroatoms. The van der Waals surface area contributed by atoms with Gasteiger partial charge in [-0.1, -0.05) is 52.0 Å². The lowest BCUT2D eigenvalue weighted by molar-refractivity contribution is 0.470. The standard InChI is InChI=1S/C10H12O.2C2H6/c1-3-8-6-5-7-10(11)9(8)4-2;2*1-2/h3-7,11H,1-2H3;2*1-2H3/b8-3-,9-4+;;. The van der Waals surface area contributed by atoms with E-state index in [1.54, 1.807) is 6.07 Å². The zero-order chi connectivity index (χ0) is 12.3. The molecule has 1 rings (SSSR count). The van der Waals surface area contributed by atoms with Gasteiger partial charge in [-0.3, -0.25) is 0 Å². The van der Waals surface area contributed by atoms with E-state index in [9.17, 15) is 5.11 Å². The molecule has 0 radical (unpaired) electrons. The first-order valence-electron chi connectivity index (χ1n) is 5.70. The van der Waals surface area contributed by atoms with Crippen molar-refractivity contribution in [3.05, 3.63) is 28.6 Å². The van der Waals surface area contributed by atoms with Crippen molar-refractivity contribution in [2.24, 2.45) is 0 Å². The Balaban J connectivity index is 0. The van der Waals surface area contributed by atoms with Gasteiger partial charge in [0.05, 0.1) is 0 Å². The summed E-state index contributed by atoms with van der Waals surface area (Å²) in [4.78, 5) is 0. The van der Waals surface area contributed by atoms with E-state index >= 15 is 0 Å². The van der Waals surface area contributed by atoms with E-state index in [0.29, 0.717) is 5.75 Å². The van der Waals surface area contributed by atoms with Gasteiger partial charge in [-0.2, -0.15) is 0 Å². The van der Waals surface area contributed by atoms with Gasteiger partial charge in [0.15, 0.2) is 0 Å². The van der Waals surface area contributed by atoms with Gasteiger partial charge in [0, 0.05) is 5.22 Å². The van der Waals surface area contributed by atoms with Crippen LogP contribution in [0, 0.1) is 0 Å². The van der Waals surface area contributed by atoms with Crippen LogP contribution in [0.2, 0.25) is 0 Å². The van der Waals surface area contributed by atoms with Crippen LogP contribution in [-0.2, 0) is 0 Å². The smallest absolute Gasteiger partial charge is 0.123 e. The van der Waals surface area contributed by atoms with Crippen molar-refractivity contribution in [3.63, 3.8) is 0 Å². The summed E-state index contributed by atoms with van der Waals surface area (Å²) in [6.45, 7) is 11.9. The molecule has 0 aliphatic rings. The van der Waals surface area contributed by atoms with Gasteiger partial charge < -0.3 is 5.11 Å². The first-order chi connectivity index (χ1) is 7.29. The largest absolute Gasteiger partial charge is 0.507 e. The highest BCUT2D eigenvalue weighted by molar-refractivity contribution is 5.36. The van der Waals surface area contributed by atoms with Crippen molar-refractivity contribution >= 4 is 12.2 Å². The Morgan fingerprint density at radius 3 is 1.80 bits per heavy atom. The molecule has 0 heterocycles. The Morgan fingerprint density at radius 2 is 1.47 bits per heavy atom. The van der Waals surface area contributed by atoms with E-state index < -0.39 is 0 Å². The average molecular weight is 208 g/mol. The van der Waals surface area contributed by atoms with E-state index in [1.165, 1.54) is 0 Å². The fourth-order valence-electron chi connectivity index (χ4n) is 1.14. The lowest BCUT2D eigenvalue weighted by Gasteiger charge is -1.92. The van der Waals surface area contributed by atoms with Crippen molar-refractivity contribution in [1.82, 2.24) is 0 Å². The zero-order valence-corrected chi connectivity index (χ0v) is 10.8. The van der Waals surface area contributed by atoms with Gasteiger partial charge in [-0.05, 0) is 25.1 Å². The molecule has 0 bridgehead atoms. The van der Waals surface area contributed by atoms with Gasteiger partial charge in [0.25, 0.3) is 0 Å². The van der Waals surface area contributed by atoms with Crippen LogP contribution in [0.3, 0.4) is 0 Å². The van der Waals surface area contributed by atoms with Gasteiger partial charge in [0.2, 0.25) is 0 Å². The normalized spacial score (nSPS) is 11.1. The Morgan fingerprint density at radius 1 is 0.933 bits per heavy atom. The zero-order valence-electron chi connectivity index (χ0n) is 10.8. The summed E-state index contributed by atoms with van der Waals surface area (Å²) in [5, 5.41) is 11.4. The van der Waals surface area contributed by atoms with Gasteiger partial charge >= 0.3 is 0 Å². The van der Waals surface area contributed by atoms with E-state index in [-0.39, 0.29) is 0 Å². The third kappa shape index (κ3) is 5.26. The minimum atomic E-state index is 0.350. The third-order valence-corrected chi connectivity index (χ3v) is 1.72. The van der Waals surface area contributed by atoms with E-state index in [4.69, 9.17) is 0 Å². The second kappa shape index (κ2) is 10.8. The molecule has 1 aromatic rings. The van der Waals surface area contributed by atoms with Crippen molar-refractivity contribution in [3.8, 4) is 5.75 Å². The number of phenolic OH excluding ortho intramolecular Hbond substituents is 1. The Labute approximate surface area is 93.8 Å². The van der Waals surface area contributed by atoms with Crippen LogP contribution in [0.5, 0.6) is 5.75 Å². The molecule has 0 saturated heterocycles. The minimum absolute atomic E-state index is 0.350. The molecule has 0 saturated carbocycles. The first kappa shape index (κ1) is 16.2. The van der Waals surface area contributed by atoms with Crippen LogP contribution in [0.4, 0.5) is 0 Å². The lowest BCUT2D eigenvalue weighted by Crippen LogP contribution is -2.23. The highest BCUT2D eigenvalue weighted by Crippen LogP contribution is 1.93. The van der Waals surface area contributed by atoms with Crippen molar-refractivity contribution in [1.29, 1.82) is 0 Å². The maximum Gasteiger partial charge on any atom is 0.123 e. The van der Waals surface area contributed by atoms with E-state index in [2.05, 4.69) is 0 Å². The number of phenols is 1. The summed E-state index contributed by atoms with van der Waals surface area (Å²) in [5.74, 6) is 0.350. The molecule has 0 aliphatic carbocycles. The molecule has 1 nitrogen and oxygen atoms in total. The summed E-state index contributed by atoms with van der Waals surface area (Å²) in [6, 6.07) is 5.52. The highest BCUT2D eigenvalue weighted by atomic mass is 16.3. The number of aromatic hydroxyl groups is 1. The average Bonchev–Trinajstić information content (AvgIpc) is 2.33. The van der Waals surface area contributed by atoms with Crippen LogP contribution in [0.1, 0.15) is 41.5 Å². The Hall–Kier alpha value is -1.24. The summed E-state index contributed by atoms with van der Waals surface area (Å²) < 4.78 is 0. The first-order valence-corrected chi connectivity index (χ1v) is 5.70. The number of hydrogen-bond donors (Lipinski definition) is 1. The molecule has 0 amide bonds. The molecule has 1 aromatic carbocycles. The number of rotatable bonds is 0. The quantitative estimate of drug-likeness (QED) is 0.695. The van der Waals surface area contributed by atoms with E-state index in [0.717, 1.165) is 10.4 Å². The maximum atomic E-state index is 9.37. The summed E-state index contributed by atoms with van der Waals surface area (Å²) >= 11 is 0. The fraction of sp³-hybridized carbons (Fsp3) is 0.429. The molecular formula is C14H24O. The number of hydrogen-bond acceptors (Lipinski definition) is 1. The molecule has 0 fully saturated rings. The SMILES string of the molecule is C/C=c1/cccc(O)/c1=C/C.CC.CC. The molecule has 0 spiro atoms.